The van der Waals surface area contributed by atoms with E-state index in [0.717, 1.165) is 18.1 Å². The highest BCUT2D eigenvalue weighted by atomic mass is 35.5. The molecule has 5 heteroatoms. The van der Waals surface area contributed by atoms with Crippen molar-refractivity contribution in [1.82, 2.24) is 0 Å². The third-order valence-electron chi connectivity index (χ3n) is 3.35. The van der Waals surface area contributed by atoms with Crippen LogP contribution in [-0.4, -0.2) is 12.3 Å². The van der Waals surface area contributed by atoms with Gasteiger partial charge in [0.1, 0.15) is 5.75 Å². The normalized spacial score (nSPS) is 18.3. The Labute approximate surface area is 127 Å². The van der Waals surface area contributed by atoms with E-state index >= 15 is 0 Å². The van der Waals surface area contributed by atoms with Crippen LogP contribution in [0.1, 0.15) is 38.3 Å². The Kier molecular flexibility index (Phi) is 4.29. The van der Waals surface area contributed by atoms with Crippen molar-refractivity contribution in [3.8, 4) is 5.75 Å². The Balaban J connectivity index is 2.24. The summed E-state index contributed by atoms with van der Waals surface area (Å²) >= 11 is 6.20. The minimum absolute atomic E-state index is 0.133. The molecule has 0 N–H and O–H groups in total. The number of halogens is 4. The molecular weight excluding hydrogens is 301 g/mol. The van der Waals surface area contributed by atoms with Crippen LogP contribution in [0, 0.1) is 5.41 Å². The van der Waals surface area contributed by atoms with Crippen LogP contribution in [0.2, 0.25) is 5.02 Å². The zero-order valence-corrected chi connectivity index (χ0v) is 13.0. The molecule has 1 aliphatic heterocycles. The van der Waals surface area contributed by atoms with E-state index in [1.165, 1.54) is 6.08 Å². The predicted molar refractivity (Wildman–Crippen MR) is 78.7 cm³/mol. The van der Waals surface area contributed by atoms with E-state index in [0.29, 0.717) is 17.0 Å². The Bertz CT molecular complexity index is 556. The maximum atomic E-state index is 12.7. The lowest BCUT2D eigenvalue weighted by molar-refractivity contribution is -0.180. The Morgan fingerprint density at radius 2 is 1.86 bits per heavy atom. The second kappa shape index (κ2) is 5.56. The first-order valence-electron chi connectivity index (χ1n) is 6.80. The molecule has 0 amide bonds. The largest absolute Gasteiger partial charge is 0.476 e. The van der Waals surface area contributed by atoms with Crippen molar-refractivity contribution in [3.05, 3.63) is 34.4 Å². The number of rotatable bonds is 2. The van der Waals surface area contributed by atoms with E-state index in [9.17, 15) is 13.2 Å². The highest BCUT2D eigenvalue weighted by Crippen LogP contribution is 2.37. The Morgan fingerprint density at radius 3 is 2.43 bits per heavy atom. The van der Waals surface area contributed by atoms with E-state index in [2.05, 4.69) is 20.8 Å². The van der Waals surface area contributed by atoms with E-state index < -0.39 is 12.3 Å². The summed E-state index contributed by atoms with van der Waals surface area (Å²) in [5, 5.41) is 0.566. The summed E-state index contributed by atoms with van der Waals surface area (Å²) in [6, 6.07) is 3.30. The molecule has 0 aliphatic carbocycles. The van der Waals surface area contributed by atoms with Gasteiger partial charge in [0.15, 0.2) is 0 Å². The van der Waals surface area contributed by atoms with Crippen LogP contribution in [-0.2, 0) is 6.42 Å². The van der Waals surface area contributed by atoms with Crippen LogP contribution < -0.4 is 4.74 Å². The molecule has 1 atom stereocenters. The lowest BCUT2D eigenvalue weighted by Gasteiger charge is -2.25. The number of hydrogen-bond donors (Lipinski definition) is 0. The van der Waals surface area contributed by atoms with Gasteiger partial charge in [-0.2, -0.15) is 13.2 Å². The predicted octanol–water partition coefficient (Wildman–Crippen LogP) is 5.66. The molecule has 0 aromatic heterocycles. The van der Waals surface area contributed by atoms with Gasteiger partial charge in [0.2, 0.25) is 6.10 Å². The van der Waals surface area contributed by atoms with Crippen molar-refractivity contribution in [2.45, 2.75) is 45.9 Å². The average molecular weight is 319 g/mol. The van der Waals surface area contributed by atoms with Gasteiger partial charge in [0.25, 0.3) is 0 Å². The zero-order chi connectivity index (χ0) is 15.8. The van der Waals surface area contributed by atoms with Crippen molar-refractivity contribution in [2.24, 2.45) is 5.41 Å². The molecule has 1 nitrogen and oxygen atoms in total. The van der Waals surface area contributed by atoms with E-state index in [4.69, 9.17) is 16.3 Å². The smallest absolute Gasteiger partial charge is 0.429 e. The summed E-state index contributed by atoms with van der Waals surface area (Å²) in [7, 11) is 0. The van der Waals surface area contributed by atoms with Crippen LogP contribution in [0.4, 0.5) is 13.2 Å². The molecule has 0 radical (unpaired) electrons. The molecule has 1 aromatic carbocycles. The highest BCUT2D eigenvalue weighted by Gasteiger charge is 2.41. The standard InChI is InChI=1S/C16H18ClF3O/c1-15(2,3)7-6-10-9-13-11(8-12(10)17)4-5-14(21-13)16(18,19)20/h4-5,8-9,14H,6-7H2,1-3H3/t14-/m0/s1. The van der Waals surface area contributed by atoms with Crippen molar-refractivity contribution in [3.63, 3.8) is 0 Å². The topological polar surface area (TPSA) is 9.23 Å². The monoisotopic (exact) mass is 318 g/mol. The summed E-state index contributed by atoms with van der Waals surface area (Å²) in [5.41, 5.74) is 1.54. The second-order valence-electron chi connectivity index (χ2n) is 6.48. The number of alkyl halides is 3. The van der Waals surface area contributed by atoms with Crippen molar-refractivity contribution >= 4 is 17.7 Å². The molecule has 1 heterocycles. The molecule has 0 saturated carbocycles. The van der Waals surface area contributed by atoms with E-state index in [1.54, 1.807) is 12.1 Å². The number of hydrogen-bond acceptors (Lipinski definition) is 1. The fraction of sp³-hybridized carbons (Fsp3) is 0.500. The molecule has 21 heavy (non-hydrogen) atoms. The van der Waals surface area contributed by atoms with Crippen LogP contribution in [0.5, 0.6) is 5.75 Å². The van der Waals surface area contributed by atoms with Gasteiger partial charge in [-0.1, -0.05) is 38.4 Å². The summed E-state index contributed by atoms with van der Waals surface area (Å²) in [5.74, 6) is 0.244. The quantitative estimate of drug-likeness (QED) is 0.684. The minimum Gasteiger partial charge on any atom is -0.476 e. The van der Waals surface area contributed by atoms with Crippen molar-refractivity contribution in [2.75, 3.05) is 0 Å². The molecule has 1 aromatic rings. The van der Waals surface area contributed by atoms with Crippen molar-refractivity contribution in [1.29, 1.82) is 0 Å². The summed E-state index contributed by atoms with van der Waals surface area (Å²) in [6.45, 7) is 6.33. The molecule has 1 aliphatic rings. The molecule has 0 saturated heterocycles. The first kappa shape index (κ1) is 16.2. The lowest BCUT2D eigenvalue weighted by Crippen LogP contribution is -2.33. The van der Waals surface area contributed by atoms with Crippen molar-refractivity contribution < 1.29 is 17.9 Å². The maximum Gasteiger partial charge on any atom is 0.429 e. The van der Waals surface area contributed by atoms with Gasteiger partial charge in [0, 0.05) is 10.6 Å². The molecule has 0 fully saturated rings. The minimum atomic E-state index is -4.40. The lowest BCUT2D eigenvalue weighted by atomic mass is 9.88. The van der Waals surface area contributed by atoms with E-state index in [1.807, 2.05) is 0 Å². The summed E-state index contributed by atoms with van der Waals surface area (Å²) in [4.78, 5) is 0. The first-order chi connectivity index (χ1) is 9.56. The van der Waals surface area contributed by atoms with E-state index in [-0.39, 0.29) is 11.2 Å². The average Bonchev–Trinajstić information content (AvgIpc) is 2.33. The van der Waals surface area contributed by atoms with Crippen LogP contribution in [0.3, 0.4) is 0 Å². The first-order valence-corrected chi connectivity index (χ1v) is 7.18. The fourth-order valence-corrected chi connectivity index (χ4v) is 2.35. The van der Waals surface area contributed by atoms with Gasteiger partial charge in [-0.25, -0.2) is 0 Å². The van der Waals surface area contributed by atoms with Gasteiger partial charge in [-0.05, 0) is 42.0 Å². The Hall–Kier alpha value is -1.16. The molecule has 0 bridgehead atoms. The van der Waals surface area contributed by atoms with Gasteiger partial charge in [-0.3, -0.25) is 0 Å². The third-order valence-corrected chi connectivity index (χ3v) is 3.70. The third kappa shape index (κ3) is 4.16. The Morgan fingerprint density at radius 1 is 1.19 bits per heavy atom. The zero-order valence-electron chi connectivity index (χ0n) is 12.2. The summed E-state index contributed by atoms with van der Waals surface area (Å²) in [6.07, 6.45) is -2.27. The highest BCUT2D eigenvalue weighted by molar-refractivity contribution is 6.31. The molecule has 0 spiro atoms. The van der Waals surface area contributed by atoms with Crippen LogP contribution in [0.15, 0.2) is 18.2 Å². The molecular formula is C16H18ClF3O. The van der Waals surface area contributed by atoms with Crippen LogP contribution >= 0.6 is 11.6 Å². The SMILES string of the molecule is CC(C)(C)CCc1cc2c(cc1Cl)C=C[C@@H](C(F)(F)F)O2. The molecule has 2 rings (SSSR count). The van der Waals surface area contributed by atoms with Gasteiger partial charge >= 0.3 is 6.18 Å². The van der Waals surface area contributed by atoms with Gasteiger partial charge in [-0.15, -0.1) is 0 Å². The number of aryl methyl sites for hydroxylation is 1. The number of ether oxygens (including phenoxy) is 1. The number of benzene rings is 1. The number of fused-ring (bicyclic) bond motifs is 1. The molecule has 0 unspecified atom stereocenters. The fourth-order valence-electron chi connectivity index (χ4n) is 2.09. The second-order valence-corrected chi connectivity index (χ2v) is 6.89. The molecule has 116 valence electrons. The van der Waals surface area contributed by atoms with Crippen LogP contribution in [0.25, 0.3) is 6.08 Å². The maximum absolute atomic E-state index is 12.7. The van der Waals surface area contributed by atoms with Gasteiger partial charge < -0.3 is 4.74 Å². The van der Waals surface area contributed by atoms with Gasteiger partial charge in [0.05, 0.1) is 0 Å². The summed E-state index contributed by atoms with van der Waals surface area (Å²) < 4.78 is 43.2.